The fourth-order valence-electron chi connectivity index (χ4n) is 4.59. The molecule has 5 nitrogen and oxygen atoms in total. The minimum Gasteiger partial charge on any atom is -0.508 e. The number of rotatable bonds is 0. The van der Waals surface area contributed by atoms with Crippen molar-refractivity contribution in [3.8, 4) is 34.4 Å². The Bertz CT molecular complexity index is 1180. The van der Waals surface area contributed by atoms with Gasteiger partial charge in [0, 0.05) is 35.7 Å². The Kier molecular flexibility index (Phi) is 2.78. The number of hydrogen-bond acceptors (Lipinski definition) is 5. The molecule has 1 aliphatic carbocycles. The number of benzene rings is 2. The Morgan fingerprint density at radius 3 is 1.64 bits per heavy atom. The number of nitrogens with zero attached hydrogens (tertiary/aromatic N) is 2. The molecule has 0 saturated heterocycles. The van der Waals surface area contributed by atoms with E-state index in [1.165, 1.54) is 0 Å². The van der Waals surface area contributed by atoms with Crippen molar-refractivity contribution < 1.29 is 14.9 Å². The molecular formula is C23H14N2O3. The quantitative estimate of drug-likeness (QED) is 0.418. The third kappa shape index (κ3) is 1.71. The van der Waals surface area contributed by atoms with Gasteiger partial charge in [-0.05, 0) is 35.4 Å². The van der Waals surface area contributed by atoms with E-state index in [9.17, 15) is 10.2 Å². The van der Waals surface area contributed by atoms with E-state index in [0.717, 1.165) is 33.6 Å². The minimum atomic E-state index is -0.683. The van der Waals surface area contributed by atoms with E-state index in [1.54, 1.807) is 36.7 Å². The van der Waals surface area contributed by atoms with Gasteiger partial charge in [-0.1, -0.05) is 24.3 Å². The average molecular weight is 366 g/mol. The lowest BCUT2D eigenvalue weighted by Crippen LogP contribution is -2.32. The molecule has 2 aromatic carbocycles. The molecule has 0 saturated carbocycles. The number of aromatic nitrogens is 2. The van der Waals surface area contributed by atoms with E-state index in [1.807, 2.05) is 24.3 Å². The van der Waals surface area contributed by atoms with E-state index < -0.39 is 5.41 Å². The number of pyridine rings is 2. The molecule has 0 fully saturated rings. The van der Waals surface area contributed by atoms with Gasteiger partial charge in [-0.25, -0.2) is 0 Å². The molecule has 1 spiro atoms. The van der Waals surface area contributed by atoms with Crippen LogP contribution in [0.25, 0.3) is 11.4 Å². The number of hydrogen-bond donors (Lipinski definition) is 2. The van der Waals surface area contributed by atoms with Crippen molar-refractivity contribution >= 4 is 0 Å². The van der Waals surface area contributed by atoms with Gasteiger partial charge < -0.3 is 14.9 Å². The summed E-state index contributed by atoms with van der Waals surface area (Å²) in [6.45, 7) is 0. The van der Waals surface area contributed by atoms with Gasteiger partial charge in [0.15, 0.2) is 0 Å². The fraction of sp³-hybridized carbons (Fsp3) is 0.0435. The van der Waals surface area contributed by atoms with Crippen LogP contribution in [0.15, 0.2) is 73.1 Å². The van der Waals surface area contributed by atoms with Gasteiger partial charge in [0.2, 0.25) is 0 Å². The molecule has 3 heterocycles. The zero-order chi connectivity index (χ0) is 18.9. The smallest absolute Gasteiger partial charge is 0.135 e. The van der Waals surface area contributed by atoms with Crippen molar-refractivity contribution in [1.82, 2.24) is 9.97 Å². The van der Waals surface area contributed by atoms with E-state index in [-0.39, 0.29) is 11.5 Å². The predicted octanol–water partition coefficient (Wildman–Crippen LogP) is 4.36. The van der Waals surface area contributed by atoms with Gasteiger partial charge in [0.25, 0.3) is 0 Å². The first kappa shape index (κ1) is 15.2. The molecule has 0 atom stereocenters. The van der Waals surface area contributed by atoms with E-state index >= 15 is 0 Å². The van der Waals surface area contributed by atoms with Crippen molar-refractivity contribution in [3.63, 3.8) is 0 Å². The van der Waals surface area contributed by atoms with Gasteiger partial charge in [0.1, 0.15) is 23.0 Å². The maximum atomic E-state index is 10.1. The van der Waals surface area contributed by atoms with E-state index in [0.29, 0.717) is 11.5 Å². The van der Waals surface area contributed by atoms with Crippen LogP contribution in [0.1, 0.15) is 22.3 Å². The first-order valence-electron chi connectivity index (χ1n) is 8.96. The Labute approximate surface area is 160 Å². The number of ether oxygens (including phenoxy) is 1. The Morgan fingerprint density at radius 2 is 1.14 bits per heavy atom. The molecule has 0 unspecified atom stereocenters. The SMILES string of the molecule is Oc1ccc2c(c1)Oc1cc(O)ccc1C21c2cccnc2-c2ncccc21. The molecule has 28 heavy (non-hydrogen) atoms. The van der Waals surface area contributed by atoms with E-state index in [4.69, 9.17) is 4.74 Å². The standard InChI is InChI=1S/C23H14N2O3/c26-13-5-7-15-19(11-13)28-20-12-14(27)6-8-16(20)23(15)17-3-1-9-24-21(17)22-18(23)4-2-10-25-22/h1-12,26-27H. The zero-order valence-corrected chi connectivity index (χ0v) is 14.6. The summed E-state index contributed by atoms with van der Waals surface area (Å²) in [6, 6.07) is 18.3. The molecule has 0 bridgehead atoms. The highest BCUT2D eigenvalue weighted by molar-refractivity contribution is 5.84. The summed E-state index contributed by atoms with van der Waals surface area (Å²) >= 11 is 0. The van der Waals surface area contributed by atoms with Crippen LogP contribution in [-0.2, 0) is 5.41 Å². The number of fused-ring (bicyclic) bond motifs is 9. The van der Waals surface area contributed by atoms with Gasteiger partial charge >= 0.3 is 0 Å². The summed E-state index contributed by atoms with van der Waals surface area (Å²) in [4.78, 5) is 9.26. The van der Waals surface area contributed by atoms with Crippen LogP contribution < -0.4 is 4.74 Å². The maximum Gasteiger partial charge on any atom is 0.135 e. The topological polar surface area (TPSA) is 75.5 Å². The maximum absolute atomic E-state index is 10.1. The lowest BCUT2D eigenvalue weighted by atomic mass is 9.66. The van der Waals surface area contributed by atoms with Crippen LogP contribution >= 0.6 is 0 Å². The van der Waals surface area contributed by atoms with Crippen LogP contribution in [0.4, 0.5) is 0 Å². The van der Waals surface area contributed by atoms with Crippen molar-refractivity contribution in [2.24, 2.45) is 0 Å². The summed E-state index contributed by atoms with van der Waals surface area (Å²) in [5.74, 6) is 1.33. The second-order valence-electron chi connectivity index (χ2n) is 7.01. The second kappa shape index (κ2) is 5.10. The van der Waals surface area contributed by atoms with Crippen LogP contribution in [-0.4, -0.2) is 20.2 Å². The fourth-order valence-corrected chi connectivity index (χ4v) is 4.59. The Hall–Kier alpha value is -3.86. The average Bonchev–Trinajstić information content (AvgIpc) is 2.99. The summed E-state index contributed by atoms with van der Waals surface area (Å²) < 4.78 is 6.10. The molecule has 134 valence electrons. The van der Waals surface area contributed by atoms with Crippen LogP contribution in [0.3, 0.4) is 0 Å². The highest BCUT2D eigenvalue weighted by Gasteiger charge is 2.52. The summed E-state index contributed by atoms with van der Waals surface area (Å²) in [5.41, 5.74) is 4.80. The second-order valence-corrected chi connectivity index (χ2v) is 7.01. The molecule has 4 aromatic rings. The molecule has 5 heteroatoms. The lowest BCUT2D eigenvalue weighted by Gasteiger charge is -2.38. The van der Waals surface area contributed by atoms with Gasteiger partial charge in [0.05, 0.1) is 16.8 Å². The normalized spacial score (nSPS) is 14.6. The lowest BCUT2D eigenvalue weighted by molar-refractivity contribution is 0.417. The third-order valence-electron chi connectivity index (χ3n) is 5.61. The van der Waals surface area contributed by atoms with Crippen LogP contribution in [0.2, 0.25) is 0 Å². The number of phenols is 2. The molecule has 6 rings (SSSR count). The van der Waals surface area contributed by atoms with Gasteiger partial charge in [-0.3, -0.25) is 9.97 Å². The first-order valence-corrected chi connectivity index (χ1v) is 8.96. The highest BCUT2D eigenvalue weighted by atomic mass is 16.5. The molecule has 2 aliphatic rings. The van der Waals surface area contributed by atoms with Gasteiger partial charge in [-0.15, -0.1) is 0 Å². The predicted molar refractivity (Wildman–Crippen MR) is 103 cm³/mol. The molecule has 0 amide bonds. The molecule has 1 aliphatic heterocycles. The minimum absolute atomic E-state index is 0.119. The van der Waals surface area contributed by atoms with Crippen LogP contribution in [0.5, 0.6) is 23.0 Å². The summed E-state index contributed by atoms with van der Waals surface area (Å²) in [5, 5.41) is 20.1. The molecule has 2 aromatic heterocycles. The first-order chi connectivity index (χ1) is 13.7. The van der Waals surface area contributed by atoms with Gasteiger partial charge in [-0.2, -0.15) is 0 Å². The van der Waals surface area contributed by atoms with Crippen molar-refractivity contribution in [3.05, 3.63) is 95.3 Å². The van der Waals surface area contributed by atoms with Crippen molar-refractivity contribution in [2.45, 2.75) is 5.41 Å². The van der Waals surface area contributed by atoms with Crippen LogP contribution in [0, 0.1) is 0 Å². The molecular weight excluding hydrogens is 352 g/mol. The monoisotopic (exact) mass is 366 g/mol. The number of aromatic hydroxyl groups is 2. The largest absolute Gasteiger partial charge is 0.508 e. The third-order valence-corrected chi connectivity index (χ3v) is 5.61. The molecule has 2 N–H and O–H groups in total. The van der Waals surface area contributed by atoms with E-state index in [2.05, 4.69) is 22.1 Å². The van der Waals surface area contributed by atoms with Crippen molar-refractivity contribution in [2.75, 3.05) is 0 Å². The Morgan fingerprint density at radius 1 is 0.643 bits per heavy atom. The zero-order valence-electron chi connectivity index (χ0n) is 14.6. The molecule has 0 radical (unpaired) electrons. The Balaban J connectivity index is 1.84. The highest BCUT2D eigenvalue weighted by Crippen LogP contribution is 2.61. The number of phenolic OH excluding ortho intramolecular Hbond substituents is 2. The summed E-state index contributed by atoms with van der Waals surface area (Å²) in [6.07, 6.45) is 3.54. The summed E-state index contributed by atoms with van der Waals surface area (Å²) in [7, 11) is 0. The van der Waals surface area contributed by atoms with Crippen molar-refractivity contribution in [1.29, 1.82) is 0 Å².